The molecule has 1 aliphatic rings. The molecule has 1 heterocycles. The molecule has 0 bridgehead atoms. The molecule has 1 aliphatic heterocycles. The highest BCUT2D eigenvalue weighted by atomic mass is 35.5. The largest absolute Gasteiger partial charge is 0.383 e. The summed E-state index contributed by atoms with van der Waals surface area (Å²) in [7, 11) is -1.94. The van der Waals surface area contributed by atoms with Crippen molar-refractivity contribution in [2.24, 2.45) is 0 Å². The Morgan fingerprint density at radius 3 is 2.78 bits per heavy atom. The van der Waals surface area contributed by atoms with Gasteiger partial charge in [-0.3, -0.25) is 0 Å². The summed E-state index contributed by atoms with van der Waals surface area (Å²) >= 11 is 5.67. The fraction of sp³-hybridized carbons (Fsp3) is 0.571. The van der Waals surface area contributed by atoms with Crippen molar-refractivity contribution in [3.8, 4) is 0 Å². The molecule has 132 valence electrons. The summed E-state index contributed by atoms with van der Waals surface area (Å²) in [4.78, 5) is 0. The van der Waals surface area contributed by atoms with E-state index in [2.05, 4.69) is 10.0 Å². The zero-order valence-electron chi connectivity index (χ0n) is 12.8. The highest BCUT2D eigenvalue weighted by Gasteiger charge is 2.34. The second-order valence-corrected chi connectivity index (χ2v) is 7.79. The van der Waals surface area contributed by atoms with Crippen molar-refractivity contribution in [2.45, 2.75) is 24.1 Å². The Kier molecular flexibility index (Phi) is 7.70. The van der Waals surface area contributed by atoms with Crippen molar-refractivity contribution in [1.29, 1.82) is 0 Å². The molecule has 0 aliphatic carbocycles. The molecular formula is C14H21Cl2FN2O3S. The van der Waals surface area contributed by atoms with E-state index in [-0.39, 0.29) is 35.3 Å². The van der Waals surface area contributed by atoms with Gasteiger partial charge in [-0.2, -0.15) is 0 Å². The number of sulfonamides is 1. The van der Waals surface area contributed by atoms with Crippen LogP contribution in [0.1, 0.15) is 18.4 Å². The highest BCUT2D eigenvalue weighted by molar-refractivity contribution is 7.88. The Bertz CT molecular complexity index is 622. The van der Waals surface area contributed by atoms with E-state index in [1.807, 2.05) is 0 Å². The zero-order chi connectivity index (χ0) is 16.2. The van der Waals surface area contributed by atoms with Crippen LogP contribution in [0, 0.1) is 5.82 Å². The third-order valence-electron chi connectivity index (χ3n) is 3.72. The molecule has 0 spiro atoms. The van der Waals surface area contributed by atoms with Crippen molar-refractivity contribution in [3.05, 3.63) is 34.6 Å². The fourth-order valence-electron chi connectivity index (χ4n) is 2.62. The summed E-state index contributed by atoms with van der Waals surface area (Å²) in [6.45, 7) is 1.55. The molecule has 1 unspecified atom stereocenters. The number of hydrogen-bond acceptors (Lipinski definition) is 4. The molecule has 2 N–H and O–H groups in total. The lowest BCUT2D eigenvalue weighted by molar-refractivity contribution is 0.122. The number of hydrogen-bond donors (Lipinski definition) is 2. The predicted octanol–water partition coefficient (Wildman–Crippen LogP) is 2.09. The van der Waals surface area contributed by atoms with Crippen LogP contribution in [0.2, 0.25) is 5.02 Å². The summed E-state index contributed by atoms with van der Waals surface area (Å²) in [5, 5.41) is 3.22. The minimum atomic E-state index is -3.53. The third-order valence-corrected chi connectivity index (χ3v) is 5.31. The lowest BCUT2D eigenvalue weighted by Gasteiger charge is -2.28. The van der Waals surface area contributed by atoms with Crippen molar-refractivity contribution < 1.29 is 17.5 Å². The van der Waals surface area contributed by atoms with E-state index >= 15 is 0 Å². The quantitative estimate of drug-likeness (QED) is 0.752. The van der Waals surface area contributed by atoms with Crippen LogP contribution >= 0.6 is 24.0 Å². The summed E-state index contributed by atoms with van der Waals surface area (Å²) in [5.41, 5.74) is 0.0847. The van der Waals surface area contributed by atoms with Gasteiger partial charge in [0, 0.05) is 13.7 Å². The number of nitrogens with one attached hydrogen (secondary N) is 2. The molecule has 0 aromatic heterocycles. The molecule has 2 rings (SSSR count). The first-order valence-electron chi connectivity index (χ1n) is 7.01. The SMILES string of the molecule is COCC1(CNS(=O)(=O)Cc2ccc(F)c(Cl)c2)CCCN1.Cl. The van der Waals surface area contributed by atoms with Crippen LogP contribution in [-0.4, -0.2) is 40.8 Å². The lowest BCUT2D eigenvalue weighted by atomic mass is 9.99. The highest BCUT2D eigenvalue weighted by Crippen LogP contribution is 2.20. The van der Waals surface area contributed by atoms with Crippen LogP contribution in [0.5, 0.6) is 0 Å². The molecule has 1 aromatic carbocycles. The first kappa shape index (κ1) is 20.6. The van der Waals surface area contributed by atoms with E-state index in [4.69, 9.17) is 16.3 Å². The van der Waals surface area contributed by atoms with Gasteiger partial charge in [0.05, 0.1) is 22.9 Å². The van der Waals surface area contributed by atoms with Crippen LogP contribution in [0.4, 0.5) is 4.39 Å². The van der Waals surface area contributed by atoms with Crippen molar-refractivity contribution in [2.75, 3.05) is 26.8 Å². The fourth-order valence-corrected chi connectivity index (χ4v) is 4.04. The minimum absolute atomic E-state index is 0. The molecule has 0 saturated carbocycles. The van der Waals surface area contributed by atoms with Crippen molar-refractivity contribution in [1.82, 2.24) is 10.0 Å². The van der Waals surface area contributed by atoms with Gasteiger partial charge >= 0.3 is 0 Å². The van der Waals surface area contributed by atoms with E-state index in [0.717, 1.165) is 25.5 Å². The van der Waals surface area contributed by atoms with E-state index in [1.165, 1.54) is 12.1 Å². The maximum atomic E-state index is 13.1. The van der Waals surface area contributed by atoms with Crippen molar-refractivity contribution in [3.63, 3.8) is 0 Å². The van der Waals surface area contributed by atoms with Crippen LogP contribution in [0.3, 0.4) is 0 Å². The average molecular weight is 387 g/mol. The molecule has 1 atom stereocenters. The maximum Gasteiger partial charge on any atom is 0.215 e. The molecule has 0 amide bonds. The Labute approximate surface area is 147 Å². The molecule has 0 radical (unpaired) electrons. The van der Waals surface area contributed by atoms with Crippen LogP contribution in [0.15, 0.2) is 18.2 Å². The van der Waals surface area contributed by atoms with Gasteiger partial charge in [-0.05, 0) is 37.1 Å². The zero-order valence-corrected chi connectivity index (χ0v) is 15.2. The minimum Gasteiger partial charge on any atom is -0.383 e. The molecule has 1 fully saturated rings. The van der Waals surface area contributed by atoms with Crippen molar-refractivity contribution >= 4 is 34.0 Å². The van der Waals surface area contributed by atoms with Gasteiger partial charge in [-0.25, -0.2) is 17.5 Å². The molecule has 23 heavy (non-hydrogen) atoms. The summed E-state index contributed by atoms with van der Waals surface area (Å²) in [6.07, 6.45) is 1.84. The summed E-state index contributed by atoms with van der Waals surface area (Å²) < 4.78 is 45.3. The van der Waals surface area contributed by atoms with Gasteiger partial charge in [-0.1, -0.05) is 17.7 Å². The van der Waals surface area contributed by atoms with Crippen LogP contribution in [-0.2, 0) is 20.5 Å². The smallest absolute Gasteiger partial charge is 0.215 e. The Morgan fingerprint density at radius 2 is 2.22 bits per heavy atom. The number of halogens is 3. The van der Waals surface area contributed by atoms with Gasteiger partial charge < -0.3 is 10.1 Å². The number of benzene rings is 1. The van der Waals surface area contributed by atoms with E-state index in [1.54, 1.807) is 7.11 Å². The Hall–Kier alpha value is -0.440. The van der Waals surface area contributed by atoms with Crippen LogP contribution in [0.25, 0.3) is 0 Å². The van der Waals surface area contributed by atoms with E-state index in [9.17, 15) is 12.8 Å². The van der Waals surface area contributed by atoms with Gasteiger partial charge in [0.15, 0.2) is 0 Å². The second-order valence-electron chi connectivity index (χ2n) is 5.57. The number of methoxy groups -OCH3 is 1. The summed E-state index contributed by atoms with van der Waals surface area (Å²) in [6, 6.07) is 3.91. The van der Waals surface area contributed by atoms with E-state index < -0.39 is 15.8 Å². The van der Waals surface area contributed by atoms with Gasteiger partial charge in [0.2, 0.25) is 10.0 Å². The molecular weight excluding hydrogens is 366 g/mol. The molecule has 1 saturated heterocycles. The normalized spacial score (nSPS) is 21.2. The van der Waals surface area contributed by atoms with Crippen LogP contribution < -0.4 is 10.0 Å². The topological polar surface area (TPSA) is 67.4 Å². The predicted molar refractivity (Wildman–Crippen MR) is 91.1 cm³/mol. The maximum absolute atomic E-state index is 13.1. The molecule has 9 heteroatoms. The Balaban J connectivity index is 0.00000264. The number of rotatable bonds is 7. The van der Waals surface area contributed by atoms with E-state index in [0.29, 0.717) is 12.2 Å². The standard InChI is InChI=1S/C14H20ClFN2O3S.ClH/c1-21-10-14(5-2-6-17-14)9-18-22(19,20)8-11-3-4-13(16)12(15)7-11;/h3-4,7,17-18H,2,5-6,8-10H2,1H3;1H. The summed E-state index contributed by atoms with van der Waals surface area (Å²) in [5.74, 6) is -0.805. The molecule has 1 aromatic rings. The molecule has 5 nitrogen and oxygen atoms in total. The third kappa shape index (κ3) is 5.85. The second kappa shape index (κ2) is 8.60. The van der Waals surface area contributed by atoms with Gasteiger partial charge in [0.25, 0.3) is 0 Å². The number of ether oxygens (including phenoxy) is 1. The monoisotopic (exact) mass is 386 g/mol. The van der Waals surface area contributed by atoms with Gasteiger partial charge in [-0.15, -0.1) is 12.4 Å². The first-order valence-corrected chi connectivity index (χ1v) is 9.04. The lowest BCUT2D eigenvalue weighted by Crippen LogP contribution is -2.53. The Morgan fingerprint density at radius 1 is 1.48 bits per heavy atom. The van der Waals surface area contributed by atoms with Gasteiger partial charge in [0.1, 0.15) is 5.82 Å². The average Bonchev–Trinajstić information content (AvgIpc) is 2.90. The first-order chi connectivity index (χ1) is 10.4.